The van der Waals surface area contributed by atoms with Crippen molar-refractivity contribution < 1.29 is 0 Å². The van der Waals surface area contributed by atoms with Crippen molar-refractivity contribution in [2.45, 2.75) is 53.4 Å². The summed E-state index contributed by atoms with van der Waals surface area (Å²) in [5.74, 6) is 1.16. The van der Waals surface area contributed by atoms with E-state index in [1.54, 1.807) is 6.33 Å². The molecule has 1 aromatic rings. The Morgan fingerprint density at radius 3 is 2.67 bits per heavy atom. The second-order valence-corrected chi connectivity index (χ2v) is 4.72. The molecule has 100 valence electrons. The van der Waals surface area contributed by atoms with E-state index in [0.29, 0.717) is 11.7 Å². The minimum Gasteiger partial charge on any atom is -0.383 e. The Bertz CT molecular complexity index is 410. The summed E-state index contributed by atoms with van der Waals surface area (Å²) >= 11 is 0. The second-order valence-electron chi connectivity index (χ2n) is 4.72. The summed E-state index contributed by atoms with van der Waals surface area (Å²) in [4.78, 5) is 8.47. The lowest BCUT2D eigenvalue weighted by Gasteiger charge is -2.20. The molecule has 1 heterocycles. The molecular weight excluding hydrogens is 222 g/mol. The zero-order chi connectivity index (χ0) is 13.5. The number of rotatable bonds is 6. The fourth-order valence-corrected chi connectivity index (χ4v) is 2.35. The van der Waals surface area contributed by atoms with Gasteiger partial charge in [0.25, 0.3) is 0 Å². The average molecular weight is 247 g/mol. The molecule has 0 bridgehead atoms. The highest BCUT2D eigenvalue weighted by Crippen LogP contribution is 2.31. The highest BCUT2D eigenvalue weighted by Gasteiger charge is 2.17. The fraction of sp³-hybridized carbons (Fsp3) is 0.600. The first-order valence-corrected chi connectivity index (χ1v) is 6.89. The predicted octanol–water partition coefficient (Wildman–Crippen LogP) is 3.99. The maximum Gasteiger partial charge on any atom is 0.130 e. The van der Waals surface area contributed by atoms with Crippen LogP contribution in [0.15, 0.2) is 12.4 Å². The van der Waals surface area contributed by atoms with Crippen molar-refractivity contribution >= 4 is 11.4 Å². The molecule has 3 heteroatoms. The van der Waals surface area contributed by atoms with Crippen LogP contribution in [0, 0.1) is 12.8 Å². The van der Waals surface area contributed by atoms with Crippen molar-refractivity contribution in [3.8, 4) is 0 Å². The van der Waals surface area contributed by atoms with Gasteiger partial charge in [-0.2, -0.15) is 0 Å². The van der Waals surface area contributed by atoms with Crippen LogP contribution in [0.2, 0.25) is 0 Å². The van der Waals surface area contributed by atoms with Gasteiger partial charge in [-0.25, -0.2) is 9.97 Å². The molecular formula is C15H25N3. The number of nitrogen functional groups attached to an aromatic ring is 1. The maximum absolute atomic E-state index is 5.88. The van der Waals surface area contributed by atoms with Crippen LogP contribution in [0.1, 0.15) is 57.7 Å². The van der Waals surface area contributed by atoms with E-state index in [1.165, 1.54) is 24.8 Å². The Balaban J connectivity index is 3.05. The monoisotopic (exact) mass is 247 g/mol. The molecule has 0 fully saturated rings. The molecule has 0 amide bonds. The highest BCUT2D eigenvalue weighted by atomic mass is 14.9. The third-order valence-electron chi connectivity index (χ3n) is 3.55. The van der Waals surface area contributed by atoms with Crippen LogP contribution in [-0.4, -0.2) is 9.97 Å². The zero-order valence-electron chi connectivity index (χ0n) is 12.0. The van der Waals surface area contributed by atoms with Gasteiger partial charge in [-0.3, -0.25) is 0 Å². The SMILES string of the molecule is C/C=C(\c1ncnc(N)c1C)C(CC)CCCC. The van der Waals surface area contributed by atoms with E-state index in [1.807, 2.05) is 6.92 Å². The molecule has 1 rings (SSSR count). The molecule has 0 spiro atoms. The number of aromatic nitrogens is 2. The first kappa shape index (κ1) is 14.7. The lowest BCUT2D eigenvalue weighted by molar-refractivity contribution is 0.552. The summed E-state index contributed by atoms with van der Waals surface area (Å²) in [6.07, 6.45) is 8.60. The number of allylic oxidation sites excluding steroid dienone is 2. The molecule has 0 saturated carbocycles. The van der Waals surface area contributed by atoms with Crippen LogP contribution >= 0.6 is 0 Å². The third kappa shape index (κ3) is 3.31. The molecule has 0 aliphatic heterocycles. The lowest BCUT2D eigenvalue weighted by Crippen LogP contribution is -2.08. The lowest BCUT2D eigenvalue weighted by atomic mass is 9.87. The molecule has 1 unspecified atom stereocenters. The fourth-order valence-electron chi connectivity index (χ4n) is 2.35. The highest BCUT2D eigenvalue weighted by molar-refractivity contribution is 5.69. The number of hydrogen-bond acceptors (Lipinski definition) is 3. The van der Waals surface area contributed by atoms with Crippen LogP contribution in [0.4, 0.5) is 5.82 Å². The van der Waals surface area contributed by atoms with Crippen molar-refractivity contribution in [3.63, 3.8) is 0 Å². The number of nitrogens with zero attached hydrogens (tertiary/aromatic N) is 2. The van der Waals surface area contributed by atoms with Gasteiger partial charge in [0.1, 0.15) is 12.1 Å². The van der Waals surface area contributed by atoms with Crippen molar-refractivity contribution in [3.05, 3.63) is 23.7 Å². The normalized spacial score (nSPS) is 13.7. The third-order valence-corrected chi connectivity index (χ3v) is 3.55. The Morgan fingerprint density at radius 1 is 1.39 bits per heavy atom. The summed E-state index contributed by atoms with van der Waals surface area (Å²) in [6, 6.07) is 0. The molecule has 2 N–H and O–H groups in total. The van der Waals surface area contributed by atoms with E-state index in [9.17, 15) is 0 Å². The van der Waals surface area contributed by atoms with E-state index < -0.39 is 0 Å². The van der Waals surface area contributed by atoms with Crippen molar-refractivity contribution in [1.29, 1.82) is 0 Å². The standard InChI is InChI=1S/C15H25N3/c1-5-8-9-12(6-2)13(7-3)14-11(4)15(16)18-10-17-14/h7,10,12H,5-6,8-9H2,1-4H3,(H2,16,17,18)/b13-7-. The van der Waals surface area contributed by atoms with Crippen LogP contribution in [0.5, 0.6) is 0 Å². The van der Waals surface area contributed by atoms with Gasteiger partial charge >= 0.3 is 0 Å². The van der Waals surface area contributed by atoms with Crippen molar-refractivity contribution in [1.82, 2.24) is 9.97 Å². The zero-order valence-corrected chi connectivity index (χ0v) is 12.0. The second kappa shape index (κ2) is 7.14. The smallest absolute Gasteiger partial charge is 0.130 e. The molecule has 1 aromatic heterocycles. The molecule has 1 atom stereocenters. The maximum atomic E-state index is 5.88. The first-order chi connectivity index (χ1) is 8.65. The molecule has 18 heavy (non-hydrogen) atoms. The van der Waals surface area contributed by atoms with Gasteiger partial charge in [0, 0.05) is 5.56 Å². The minimum atomic E-state index is 0.572. The van der Waals surface area contributed by atoms with Gasteiger partial charge in [0.05, 0.1) is 5.69 Å². The number of unbranched alkanes of at least 4 members (excludes halogenated alkanes) is 1. The summed E-state index contributed by atoms with van der Waals surface area (Å²) in [5.41, 5.74) is 9.22. The molecule has 0 aliphatic rings. The molecule has 0 radical (unpaired) electrons. The number of hydrogen-bond donors (Lipinski definition) is 1. The van der Waals surface area contributed by atoms with Gasteiger partial charge in [0.2, 0.25) is 0 Å². The Hall–Kier alpha value is -1.38. The van der Waals surface area contributed by atoms with Crippen LogP contribution in [-0.2, 0) is 0 Å². The first-order valence-electron chi connectivity index (χ1n) is 6.89. The van der Waals surface area contributed by atoms with E-state index in [2.05, 4.69) is 36.8 Å². The number of anilines is 1. The van der Waals surface area contributed by atoms with Gasteiger partial charge in [0.15, 0.2) is 0 Å². The molecule has 0 aromatic carbocycles. The number of nitrogens with two attached hydrogens (primary N) is 1. The van der Waals surface area contributed by atoms with E-state index in [-0.39, 0.29) is 0 Å². The summed E-state index contributed by atoms with van der Waals surface area (Å²) < 4.78 is 0. The largest absolute Gasteiger partial charge is 0.383 e. The van der Waals surface area contributed by atoms with Gasteiger partial charge in [-0.1, -0.05) is 32.8 Å². The quantitative estimate of drug-likeness (QED) is 0.827. The van der Waals surface area contributed by atoms with Crippen LogP contribution < -0.4 is 5.73 Å². The van der Waals surface area contributed by atoms with Crippen LogP contribution in [0.3, 0.4) is 0 Å². The minimum absolute atomic E-state index is 0.572. The van der Waals surface area contributed by atoms with E-state index in [4.69, 9.17) is 5.73 Å². The predicted molar refractivity (Wildman–Crippen MR) is 78.1 cm³/mol. The van der Waals surface area contributed by atoms with Crippen molar-refractivity contribution in [2.75, 3.05) is 5.73 Å². The molecule has 3 nitrogen and oxygen atoms in total. The average Bonchev–Trinajstić information content (AvgIpc) is 2.38. The molecule has 0 aliphatic carbocycles. The van der Waals surface area contributed by atoms with Crippen LogP contribution in [0.25, 0.3) is 5.57 Å². The summed E-state index contributed by atoms with van der Waals surface area (Å²) in [5, 5.41) is 0. The Kier molecular flexibility index (Phi) is 5.83. The van der Waals surface area contributed by atoms with E-state index in [0.717, 1.165) is 17.7 Å². The van der Waals surface area contributed by atoms with Gasteiger partial charge in [-0.15, -0.1) is 0 Å². The Morgan fingerprint density at radius 2 is 2.11 bits per heavy atom. The van der Waals surface area contributed by atoms with E-state index >= 15 is 0 Å². The van der Waals surface area contributed by atoms with Gasteiger partial charge < -0.3 is 5.73 Å². The van der Waals surface area contributed by atoms with Crippen molar-refractivity contribution in [2.24, 2.45) is 5.92 Å². The Labute approximate surface area is 111 Å². The summed E-state index contributed by atoms with van der Waals surface area (Å²) in [6.45, 7) is 8.56. The van der Waals surface area contributed by atoms with Gasteiger partial charge in [-0.05, 0) is 38.2 Å². The topological polar surface area (TPSA) is 51.8 Å². The summed E-state index contributed by atoms with van der Waals surface area (Å²) in [7, 11) is 0. The molecule has 0 saturated heterocycles.